The Kier molecular flexibility index (Phi) is 5.90. The van der Waals surface area contributed by atoms with E-state index in [9.17, 15) is 45.5 Å². The summed E-state index contributed by atoms with van der Waals surface area (Å²) < 4.78 is 79.2. The first-order chi connectivity index (χ1) is 13.3. The van der Waals surface area contributed by atoms with E-state index in [1.54, 1.807) is 0 Å². The van der Waals surface area contributed by atoms with Crippen molar-refractivity contribution >= 4 is 23.5 Å². The Hall–Kier alpha value is -3.50. The van der Waals surface area contributed by atoms with Crippen molar-refractivity contribution in [2.24, 2.45) is 0 Å². The SMILES string of the molecule is O=C(OC(=O)c1cccc(C(=O)C(F)(F)F)c1)c1cccc(C(=O)C(F)(F)F)c1. The Labute approximate surface area is 157 Å². The summed E-state index contributed by atoms with van der Waals surface area (Å²) in [5.41, 5.74) is -2.90. The van der Waals surface area contributed by atoms with Crippen molar-refractivity contribution in [2.75, 3.05) is 0 Å². The molecule has 2 rings (SSSR count). The van der Waals surface area contributed by atoms with Crippen LogP contribution in [0.3, 0.4) is 0 Å². The molecule has 0 N–H and O–H groups in total. The molecular weight excluding hydrogens is 410 g/mol. The Morgan fingerprint density at radius 3 is 1.21 bits per heavy atom. The van der Waals surface area contributed by atoms with E-state index in [0.29, 0.717) is 12.1 Å². The Bertz CT molecular complexity index is 911. The van der Waals surface area contributed by atoms with E-state index >= 15 is 0 Å². The van der Waals surface area contributed by atoms with Crippen molar-refractivity contribution in [3.8, 4) is 0 Å². The molecule has 152 valence electrons. The smallest absolute Gasteiger partial charge is 0.386 e. The lowest BCUT2D eigenvalue weighted by molar-refractivity contribution is -0.0888. The zero-order valence-electron chi connectivity index (χ0n) is 13.9. The number of hydrogen-bond donors (Lipinski definition) is 0. The lowest BCUT2D eigenvalue weighted by Gasteiger charge is -2.08. The second-order valence-corrected chi connectivity index (χ2v) is 5.49. The molecule has 0 heterocycles. The predicted octanol–water partition coefficient (Wildman–Crippen LogP) is 4.17. The van der Waals surface area contributed by atoms with Gasteiger partial charge in [-0.15, -0.1) is 0 Å². The topological polar surface area (TPSA) is 77.5 Å². The van der Waals surface area contributed by atoms with Gasteiger partial charge in [0.25, 0.3) is 11.6 Å². The van der Waals surface area contributed by atoms with Gasteiger partial charge in [0.2, 0.25) is 0 Å². The van der Waals surface area contributed by atoms with Gasteiger partial charge >= 0.3 is 24.3 Å². The molecule has 0 aliphatic carbocycles. The van der Waals surface area contributed by atoms with Gasteiger partial charge in [-0.2, -0.15) is 26.3 Å². The Balaban J connectivity index is 2.21. The lowest BCUT2D eigenvalue weighted by Crippen LogP contribution is -2.23. The highest BCUT2D eigenvalue weighted by Crippen LogP contribution is 2.23. The first-order valence-electron chi connectivity index (χ1n) is 7.50. The molecule has 0 amide bonds. The maximum Gasteiger partial charge on any atom is 0.454 e. The van der Waals surface area contributed by atoms with Crippen LogP contribution >= 0.6 is 0 Å². The number of carbonyl (C=O) groups excluding carboxylic acids is 4. The molecule has 0 aromatic heterocycles. The zero-order chi connectivity index (χ0) is 22.0. The second kappa shape index (κ2) is 7.86. The maximum atomic E-state index is 12.5. The molecule has 0 aliphatic rings. The fourth-order valence-electron chi connectivity index (χ4n) is 2.10. The molecule has 0 unspecified atom stereocenters. The van der Waals surface area contributed by atoms with Gasteiger partial charge in [-0.25, -0.2) is 9.59 Å². The molecule has 0 fully saturated rings. The number of benzene rings is 2. The van der Waals surface area contributed by atoms with E-state index < -0.39 is 58.1 Å². The van der Waals surface area contributed by atoms with Gasteiger partial charge in [0.1, 0.15) is 0 Å². The molecule has 0 spiro atoms. The summed E-state index contributed by atoms with van der Waals surface area (Å²) in [5, 5.41) is 0. The molecule has 0 saturated heterocycles. The third kappa shape index (κ3) is 5.27. The van der Waals surface area contributed by atoms with Gasteiger partial charge in [0, 0.05) is 11.1 Å². The highest BCUT2D eigenvalue weighted by atomic mass is 19.4. The van der Waals surface area contributed by atoms with E-state index in [1.807, 2.05) is 0 Å². The van der Waals surface area contributed by atoms with Gasteiger partial charge in [-0.05, 0) is 24.3 Å². The summed E-state index contributed by atoms with van der Waals surface area (Å²) in [6, 6.07) is 6.51. The molecule has 29 heavy (non-hydrogen) atoms. The summed E-state index contributed by atoms with van der Waals surface area (Å²) in [5.74, 6) is -7.34. The van der Waals surface area contributed by atoms with Gasteiger partial charge < -0.3 is 4.74 Å². The summed E-state index contributed by atoms with van der Waals surface area (Å²) in [6.07, 6.45) is -10.4. The summed E-state index contributed by atoms with van der Waals surface area (Å²) in [7, 11) is 0. The Morgan fingerprint density at radius 1 is 0.586 bits per heavy atom. The van der Waals surface area contributed by atoms with Gasteiger partial charge in [-0.3, -0.25) is 9.59 Å². The molecule has 0 atom stereocenters. The fraction of sp³-hybridized carbons (Fsp3) is 0.111. The van der Waals surface area contributed by atoms with Gasteiger partial charge in [0.05, 0.1) is 11.1 Å². The summed E-state index contributed by atoms with van der Waals surface area (Å²) in [6.45, 7) is 0. The standard InChI is InChI=1S/C18H8F6O5/c19-17(20,21)13(25)9-3-1-5-11(7-9)15(27)29-16(28)12-6-2-4-10(8-12)14(26)18(22,23)24/h1-8H. The first-order valence-corrected chi connectivity index (χ1v) is 7.50. The van der Waals surface area contributed by atoms with Crippen LogP contribution in [-0.2, 0) is 4.74 Å². The lowest BCUT2D eigenvalue weighted by atomic mass is 10.1. The van der Waals surface area contributed by atoms with Crippen LogP contribution in [0.4, 0.5) is 26.3 Å². The van der Waals surface area contributed by atoms with Crippen LogP contribution in [0.15, 0.2) is 48.5 Å². The second-order valence-electron chi connectivity index (χ2n) is 5.49. The molecule has 2 aromatic rings. The fourth-order valence-corrected chi connectivity index (χ4v) is 2.10. The molecule has 0 saturated carbocycles. The molecule has 0 bridgehead atoms. The highest BCUT2D eigenvalue weighted by molar-refractivity contribution is 6.07. The van der Waals surface area contributed by atoms with Crippen molar-refractivity contribution in [3.05, 3.63) is 70.8 Å². The van der Waals surface area contributed by atoms with Gasteiger partial charge in [-0.1, -0.05) is 24.3 Å². The van der Waals surface area contributed by atoms with Crippen molar-refractivity contribution in [3.63, 3.8) is 0 Å². The average Bonchev–Trinajstić information content (AvgIpc) is 2.65. The molecular formula is C18H8F6O5. The monoisotopic (exact) mass is 418 g/mol. The largest absolute Gasteiger partial charge is 0.454 e. The maximum absolute atomic E-state index is 12.5. The van der Waals surface area contributed by atoms with E-state index in [1.165, 1.54) is 0 Å². The van der Waals surface area contributed by atoms with Crippen LogP contribution in [0.5, 0.6) is 0 Å². The number of carbonyl (C=O) groups is 4. The zero-order valence-corrected chi connectivity index (χ0v) is 13.9. The third-order valence-corrected chi connectivity index (χ3v) is 3.42. The Morgan fingerprint density at radius 2 is 0.897 bits per heavy atom. The van der Waals surface area contributed by atoms with Crippen molar-refractivity contribution < 1.29 is 50.3 Å². The number of Topliss-reactive ketones (excluding diaryl/α,β-unsaturated/α-hetero) is 2. The summed E-state index contributed by atoms with van der Waals surface area (Å²) in [4.78, 5) is 46.3. The van der Waals surface area contributed by atoms with Crippen molar-refractivity contribution in [1.29, 1.82) is 0 Å². The number of ketones is 2. The first kappa shape index (κ1) is 21.8. The third-order valence-electron chi connectivity index (χ3n) is 3.42. The van der Waals surface area contributed by atoms with Crippen molar-refractivity contribution in [2.45, 2.75) is 12.4 Å². The number of hydrogen-bond acceptors (Lipinski definition) is 5. The van der Waals surface area contributed by atoms with Crippen LogP contribution < -0.4 is 0 Å². The molecule has 5 nitrogen and oxygen atoms in total. The van der Waals surface area contributed by atoms with E-state index in [4.69, 9.17) is 0 Å². The average molecular weight is 418 g/mol. The van der Waals surface area contributed by atoms with Crippen LogP contribution in [0.25, 0.3) is 0 Å². The number of rotatable bonds is 4. The number of alkyl halides is 6. The predicted molar refractivity (Wildman–Crippen MR) is 83.4 cm³/mol. The highest BCUT2D eigenvalue weighted by Gasteiger charge is 2.40. The van der Waals surface area contributed by atoms with Crippen LogP contribution in [0.2, 0.25) is 0 Å². The normalized spacial score (nSPS) is 11.7. The minimum atomic E-state index is -5.19. The minimum absolute atomic E-state index is 0.551. The molecule has 11 heteroatoms. The van der Waals surface area contributed by atoms with E-state index in [-0.39, 0.29) is 0 Å². The number of esters is 2. The quantitative estimate of drug-likeness (QED) is 0.322. The van der Waals surface area contributed by atoms with Gasteiger partial charge in [0.15, 0.2) is 0 Å². The number of ether oxygens (including phenoxy) is 1. The molecule has 2 aromatic carbocycles. The van der Waals surface area contributed by atoms with Crippen molar-refractivity contribution in [1.82, 2.24) is 0 Å². The van der Waals surface area contributed by atoms with E-state index in [2.05, 4.69) is 4.74 Å². The minimum Gasteiger partial charge on any atom is -0.386 e. The molecule has 0 aliphatic heterocycles. The molecule has 0 radical (unpaired) electrons. The van der Waals surface area contributed by atoms with E-state index in [0.717, 1.165) is 36.4 Å². The van der Waals surface area contributed by atoms with Crippen LogP contribution in [-0.4, -0.2) is 35.9 Å². The summed E-state index contributed by atoms with van der Waals surface area (Å²) >= 11 is 0. The van der Waals surface area contributed by atoms with Crippen LogP contribution in [0.1, 0.15) is 41.4 Å². The van der Waals surface area contributed by atoms with Crippen LogP contribution in [0, 0.1) is 0 Å². The number of halogens is 6.